The van der Waals surface area contributed by atoms with Gasteiger partial charge in [0.25, 0.3) is 5.91 Å². The summed E-state index contributed by atoms with van der Waals surface area (Å²) in [4.78, 5) is 11.6. The lowest BCUT2D eigenvalue weighted by molar-refractivity contribution is -0.117. The number of carbonyl (C=O) groups excluding carboxylic acids is 1. The molecule has 0 unspecified atom stereocenters. The Balaban J connectivity index is 2.55. The van der Waals surface area contributed by atoms with Crippen molar-refractivity contribution in [2.75, 3.05) is 11.9 Å². The Labute approximate surface area is 107 Å². The van der Waals surface area contributed by atoms with E-state index in [1.165, 1.54) is 6.20 Å². The van der Waals surface area contributed by atoms with Crippen LogP contribution in [0.3, 0.4) is 0 Å². The smallest absolute Gasteiger partial charge is 0.263 e. The predicted molar refractivity (Wildman–Crippen MR) is 71.7 cm³/mol. The van der Waals surface area contributed by atoms with Crippen molar-refractivity contribution in [3.8, 4) is 6.07 Å². The molecule has 0 aliphatic carbocycles. The molecule has 0 saturated heterocycles. The van der Waals surface area contributed by atoms with E-state index in [9.17, 15) is 4.79 Å². The number of carbonyl (C=O) groups is 1. The zero-order chi connectivity index (χ0) is 13.2. The van der Waals surface area contributed by atoms with E-state index in [2.05, 4.69) is 10.6 Å². The lowest BCUT2D eigenvalue weighted by Gasteiger charge is -2.04. The fraction of sp³-hybridized carbons (Fsp3) is 0.286. The Morgan fingerprint density at radius 1 is 1.39 bits per heavy atom. The van der Waals surface area contributed by atoms with Gasteiger partial charge in [0, 0.05) is 18.4 Å². The number of hydrogen-bond donors (Lipinski definition) is 2. The van der Waals surface area contributed by atoms with Gasteiger partial charge in [0.15, 0.2) is 0 Å². The Hall–Kier alpha value is -2.28. The van der Waals surface area contributed by atoms with Gasteiger partial charge >= 0.3 is 0 Å². The molecular formula is C14H17N3O. The third-order valence-electron chi connectivity index (χ3n) is 2.34. The molecule has 94 valence electrons. The van der Waals surface area contributed by atoms with E-state index >= 15 is 0 Å². The normalized spacial score (nSPS) is 10.6. The number of anilines is 1. The van der Waals surface area contributed by atoms with Gasteiger partial charge in [0.05, 0.1) is 0 Å². The van der Waals surface area contributed by atoms with Crippen LogP contribution in [0.1, 0.15) is 19.8 Å². The number of para-hydroxylation sites is 1. The molecule has 0 spiro atoms. The van der Waals surface area contributed by atoms with Crippen molar-refractivity contribution in [2.45, 2.75) is 19.8 Å². The van der Waals surface area contributed by atoms with Crippen LogP contribution in [-0.2, 0) is 4.79 Å². The highest BCUT2D eigenvalue weighted by Gasteiger charge is 2.07. The average Bonchev–Trinajstić information content (AvgIpc) is 2.41. The summed E-state index contributed by atoms with van der Waals surface area (Å²) in [5.74, 6) is -0.339. The molecule has 2 N–H and O–H groups in total. The maximum absolute atomic E-state index is 11.6. The molecule has 0 radical (unpaired) electrons. The Bertz CT molecular complexity index is 446. The molecule has 0 bridgehead atoms. The fourth-order valence-corrected chi connectivity index (χ4v) is 1.31. The first-order valence-corrected chi connectivity index (χ1v) is 5.98. The molecule has 1 aromatic carbocycles. The van der Waals surface area contributed by atoms with Crippen molar-refractivity contribution < 1.29 is 4.79 Å². The quantitative estimate of drug-likeness (QED) is 0.458. The van der Waals surface area contributed by atoms with E-state index in [-0.39, 0.29) is 11.5 Å². The molecule has 1 aromatic rings. The second-order valence-corrected chi connectivity index (χ2v) is 3.79. The number of nitrogens with one attached hydrogen (secondary N) is 2. The van der Waals surface area contributed by atoms with E-state index in [1.807, 2.05) is 43.3 Å². The number of nitriles is 1. The summed E-state index contributed by atoms with van der Waals surface area (Å²) in [7, 11) is 0. The van der Waals surface area contributed by atoms with Crippen molar-refractivity contribution >= 4 is 11.6 Å². The summed E-state index contributed by atoms with van der Waals surface area (Å²) in [6.45, 7) is 2.64. The highest BCUT2D eigenvalue weighted by Crippen LogP contribution is 2.05. The number of hydrogen-bond acceptors (Lipinski definition) is 3. The zero-order valence-corrected chi connectivity index (χ0v) is 10.4. The average molecular weight is 243 g/mol. The number of nitrogens with zero attached hydrogens (tertiary/aromatic N) is 1. The largest absolute Gasteiger partial charge is 0.360 e. The minimum absolute atomic E-state index is 0.0787. The molecular weight excluding hydrogens is 226 g/mol. The third-order valence-corrected chi connectivity index (χ3v) is 2.34. The summed E-state index contributed by atoms with van der Waals surface area (Å²) in [5, 5.41) is 14.5. The number of benzene rings is 1. The van der Waals surface area contributed by atoms with Crippen molar-refractivity contribution in [1.29, 1.82) is 5.26 Å². The molecule has 4 heteroatoms. The molecule has 0 fully saturated rings. The van der Waals surface area contributed by atoms with E-state index in [4.69, 9.17) is 5.26 Å². The van der Waals surface area contributed by atoms with Gasteiger partial charge in [-0.05, 0) is 18.6 Å². The number of rotatable bonds is 6. The van der Waals surface area contributed by atoms with Crippen LogP contribution in [0.2, 0.25) is 0 Å². The molecule has 0 heterocycles. The van der Waals surface area contributed by atoms with Gasteiger partial charge in [0.1, 0.15) is 11.6 Å². The standard InChI is InChI=1S/C14H17N3O/c1-2-3-9-16-14(18)12(10-15)11-17-13-7-5-4-6-8-13/h4-8,11,17H,2-3,9H2,1H3,(H,16,18)/b12-11-. The maximum Gasteiger partial charge on any atom is 0.263 e. The van der Waals surface area contributed by atoms with Gasteiger partial charge in [-0.25, -0.2) is 0 Å². The molecule has 1 rings (SSSR count). The molecule has 18 heavy (non-hydrogen) atoms. The van der Waals surface area contributed by atoms with E-state index in [1.54, 1.807) is 0 Å². The molecule has 0 aliphatic heterocycles. The summed E-state index contributed by atoms with van der Waals surface area (Å²) >= 11 is 0. The minimum Gasteiger partial charge on any atom is -0.360 e. The van der Waals surface area contributed by atoms with E-state index in [0.29, 0.717) is 6.54 Å². The van der Waals surface area contributed by atoms with Crippen LogP contribution in [0.5, 0.6) is 0 Å². The Morgan fingerprint density at radius 2 is 2.11 bits per heavy atom. The third kappa shape index (κ3) is 4.71. The predicted octanol–water partition coefficient (Wildman–Crippen LogP) is 2.42. The van der Waals surface area contributed by atoms with Gasteiger partial charge in [-0.2, -0.15) is 5.26 Å². The number of unbranched alkanes of at least 4 members (excludes halogenated alkanes) is 1. The molecule has 0 aliphatic rings. The summed E-state index contributed by atoms with van der Waals surface area (Å²) in [6, 6.07) is 11.3. The zero-order valence-electron chi connectivity index (χ0n) is 10.4. The van der Waals surface area contributed by atoms with E-state index in [0.717, 1.165) is 18.5 Å². The van der Waals surface area contributed by atoms with Gasteiger partial charge in [-0.1, -0.05) is 31.5 Å². The van der Waals surface area contributed by atoms with Gasteiger partial charge in [-0.3, -0.25) is 4.79 Å². The Morgan fingerprint density at radius 3 is 2.72 bits per heavy atom. The van der Waals surface area contributed by atoms with Crippen LogP contribution in [0, 0.1) is 11.3 Å². The fourth-order valence-electron chi connectivity index (χ4n) is 1.31. The lowest BCUT2D eigenvalue weighted by atomic mass is 10.2. The first kappa shape index (κ1) is 13.8. The first-order chi connectivity index (χ1) is 8.77. The van der Waals surface area contributed by atoms with Crippen LogP contribution in [0.25, 0.3) is 0 Å². The summed E-state index contributed by atoms with van der Waals surface area (Å²) in [5.41, 5.74) is 0.918. The van der Waals surface area contributed by atoms with Crippen molar-refractivity contribution in [3.05, 3.63) is 42.1 Å². The molecule has 0 saturated carbocycles. The first-order valence-electron chi connectivity index (χ1n) is 5.98. The summed E-state index contributed by atoms with van der Waals surface area (Å²) < 4.78 is 0. The SMILES string of the molecule is CCCCNC(=O)/C(C#N)=C\Nc1ccccc1. The molecule has 0 atom stereocenters. The maximum atomic E-state index is 11.6. The van der Waals surface area contributed by atoms with Crippen LogP contribution in [-0.4, -0.2) is 12.5 Å². The Kier molecular flexibility index (Phi) is 6.05. The molecule has 0 aromatic heterocycles. The second kappa shape index (κ2) is 7.91. The van der Waals surface area contributed by atoms with Gasteiger partial charge < -0.3 is 10.6 Å². The molecule has 4 nitrogen and oxygen atoms in total. The van der Waals surface area contributed by atoms with Crippen LogP contribution in [0.4, 0.5) is 5.69 Å². The monoisotopic (exact) mass is 243 g/mol. The van der Waals surface area contributed by atoms with Gasteiger partial charge in [0.2, 0.25) is 0 Å². The van der Waals surface area contributed by atoms with Crippen molar-refractivity contribution in [3.63, 3.8) is 0 Å². The van der Waals surface area contributed by atoms with Gasteiger partial charge in [-0.15, -0.1) is 0 Å². The van der Waals surface area contributed by atoms with Crippen LogP contribution >= 0.6 is 0 Å². The van der Waals surface area contributed by atoms with E-state index < -0.39 is 0 Å². The lowest BCUT2D eigenvalue weighted by Crippen LogP contribution is -2.25. The summed E-state index contributed by atoms with van der Waals surface area (Å²) in [6.07, 6.45) is 3.35. The minimum atomic E-state index is -0.339. The highest BCUT2D eigenvalue weighted by molar-refractivity contribution is 5.97. The van der Waals surface area contributed by atoms with Crippen LogP contribution < -0.4 is 10.6 Å². The number of amides is 1. The van der Waals surface area contributed by atoms with Crippen molar-refractivity contribution in [2.24, 2.45) is 0 Å². The molecule has 1 amide bonds. The second-order valence-electron chi connectivity index (χ2n) is 3.79. The van der Waals surface area contributed by atoms with Crippen LogP contribution in [0.15, 0.2) is 42.1 Å². The topological polar surface area (TPSA) is 64.9 Å². The van der Waals surface area contributed by atoms with Crippen molar-refractivity contribution in [1.82, 2.24) is 5.32 Å². The highest BCUT2D eigenvalue weighted by atomic mass is 16.1.